The predicted molar refractivity (Wildman–Crippen MR) is 100 cm³/mol. The van der Waals surface area contributed by atoms with Crippen molar-refractivity contribution in [3.63, 3.8) is 0 Å². The maximum atomic E-state index is 13.8. The highest BCUT2D eigenvalue weighted by molar-refractivity contribution is 7.93. The minimum absolute atomic E-state index is 0.0521. The summed E-state index contributed by atoms with van der Waals surface area (Å²) in [4.78, 5) is 26.9. The van der Waals surface area contributed by atoms with Gasteiger partial charge < -0.3 is 10.2 Å². The third-order valence-electron chi connectivity index (χ3n) is 5.15. The molecule has 10 heteroatoms. The second kappa shape index (κ2) is 5.93. The zero-order chi connectivity index (χ0) is 19.5. The van der Waals surface area contributed by atoms with Crippen LogP contribution < -0.4 is 10.2 Å². The molecule has 2 aliphatic heterocycles. The normalized spacial score (nSPS) is 22.1. The number of anilines is 2. The van der Waals surface area contributed by atoms with Gasteiger partial charge in [-0.05, 0) is 18.2 Å². The minimum atomic E-state index is -2.93. The molecule has 1 N–H and O–H groups in total. The van der Waals surface area contributed by atoms with Gasteiger partial charge in [-0.15, -0.1) is 0 Å². The first-order chi connectivity index (χ1) is 13.4. The van der Waals surface area contributed by atoms with Gasteiger partial charge in [-0.2, -0.15) is 0 Å². The lowest BCUT2D eigenvalue weighted by atomic mass is 10.0. The highest BCUT2D eigenvalue weighted by Crippen LogP contribution is 2.38. The molecular weight excluding hydrogens is 385 g/mol. The van der Waals surface area contributed by atoms with Crippen molar-refractivity contribution < 1.29 is 17.6 Å². The summed E-state index contributed by atoms with van der Waals surface area (Å²) in [5.41, 5.74) is 0.784. The summed E-state index contributed by atoms with van der Waals surface area (Å²) in [5, 5.41) is 2.88. The van der Waals surface area contributed by atoms with E-state index in [0.717, 1.165) is 0 Å². The van der Waals surface area contributed by atoms with E-state index in [1.165, 1.54) is 24.5 Å². The molecular formula is C18H14FN5O3S. The number of nitrogens with one attached hydrogen (secondary N) is 1. The molecule has 1 aromatic carbocycles. The number of benzene rings is 1. The molecule has 0 radical (unpaired) electrons. The molecule has 2 atom stereocenters. The number of carbonyl (C=O) groups is 1. The molecule has 1 amide bonds. The van der Waals surface area contributed by atoms with Gasteiger partial charge >= 0.3 is 0 Å². The summed E-state index contributed by atoms with van der Waals surface area (Å²) in [5.74, 6) is -0.365. The van der Waals surface area contributed by atoms with Gasteiger partial charge in [-0.25, -0.2) is 22.8 Å². The average molecular weight is 399 g/mol. The lowest BCUT2D eigenvalue weighted by Crippen LogP contribution is -2.74. The Balaban J connectivity index is 1.34. The van der Waals surface area contributed by atoms with Crippen LogP contribution in [-0.2, 0) is 9.84 Å². The zero-order valence-electron chi connectivity index (χ0n) is 14.4. The number of aromatic nitrogens is 3. The third kappa shape index (κ3) is 2.60. The fraction of sp³-hybridized carbons (Fsp3) is 0.222. The smallest absolute Gasteiger partial charge is 0.275 e. The van der Waals surface area contributed by atoms with Gasteiger partial charge in [0.05, 0.1) is 35.4 Å². The van der Waals surface area contributed by atoms with Gasteiger partial charge in [-0.1, -0.05) is 6.07 Å². The maximum absolute atomic E-state index is 13.8. The van der Waals surface area contributed by atoms with E-state index in [2.05, 4.69) is 20.3 Å². The van der Waals surface area contributed by atoms with Crippen LogP contribution in [0.4, 0.5) is 15.9 Å². The molecule has 0 aliphatic carbocycles. The van der Waals surface area contributed by atoms with Gasteiger partial charge in [-0.3, -0.25) is 9.78 Å². The molecule has 2 fully saturated rings. The van der Waals surface area contributed by atoms with Gasteiger partial charge in [0.25, 0.3) is 5.91 Å². The largest absolute Gasteiger partial charge is 0.349 e. The number of carbonyl (C=O) groups excluding carboxylic acids is 1. The van der Waals surface area contributed by atoms with E-state index in [0.29, 0.717) is 23.3 Å². The number of fused-ring (bicyclic) bond motifs is 2. The van der Waals surface area contributed by atoms with E-state index in [4.69, 9.17) is 0 Å². The molecule has 2 unspecified atom stereocenters. The van der Waals surface area contributed by atoms with E-state index in [-0.39, 0.29) is 28.4 Å². The first kappa shape index (κ1) is 17.0. The van der Waals surface area contributed by atoms with Crippen molar-refractivity contribution in [2.24, 2.45) is 0 Å². The molecule has 0 saturated carbocycles. The van der Waals surface area contributed by atoms with Crippen LogP contribution in [0.3, 0.4) is 0 Å². The Morgan fingerprint density at radius 2 is 2.07 bits per heavy atom. The van der Waals surface area contributed by atoms with Crippen LogP contribution in [0.15, 0.2) is 42.9 Å². The van der Waals surface area contributed by atoms with Crippen LogP contribution in [0, 0.1) is 5.82 Å². The fourth-order valence-electron chi connectivity index (χ4n) is 3.59. The van der Waals surface area contributed by atoms with E-state index < -0.39 is 21.6 Å². The molecule has 2 aromatic heterocycles. The predicted octanol–water partition coefficient (Wildman–Crippen LogP) is 1.40. The zero-order valence-corrected chi connectivity index (χ0v) is 15.2. The van der Waals surface area contributed by atoms with E-state index in [1.807, 2.05) is 4.90 Å². The minimum Gasteiger partial charge on any atom is -0.349 e. The second-order valence-electron chi connectivity index (χ2n) is 6.83. The molecule has 28 heavy (non-hydrogen) atoms. The number of nitrogens with zero attached hydrogens (tertiary/aromatic N) is 4. The topological polar surface area (TPSA) is 105 Å². The number of pyridine rings is 1. The van der Waals surface area contributed by atoms with Crippen LogP contribution in [0.5, 0.6) is 0 Å². The number of sulfone groups is 1. The molecule has 0 spiro atoms. The molecule has 142 valence electrons. The number of amides is 1. The Morgan fingerprint density at radius 3 is 2.75 bits per heavy atom. The molecule has 5 rings (SSSR count). The highest BCUT2D eigenvalue weighted by atomic mass is 32.2. The summed E-state index contributed by atoms with van der Waals surface area (Å²) >= 11 is 0. The van der Waals surface area contributed by atoms with Crippen molar-refractivity contribution >= 4 is 38.2 Å². The number of halogens is 1. The van der Waals surface area contributed by atoms with E-state index >= 15 is 0 Å². The Hall–Kier alpha value is -3.14. The molecule has 2 aliphatic rings. The summed E-state index contributed by atoms with van der Waals surface area (Å²) in [6, 6.07) is 5.88. The van der Waals surface area contributed by atoms with Gasteiger partial charge in [0.15, 0.2) is 9.84 Å². The number of hydrogen-bond acceptors (Lipinski definition) is 7. The van der Waals surface area contributed by atoms with E-state index in [1.54, 1.807) is 18.3 Å². The standard InChI is InChI=1S/C18H14FN5O3S/c19-11-4-10-2-1-3-20-17(10)12(5-11)23-18(25)13-6-22-16(7-21-13)24-8-15-14(24)9-28(15,26)27/h1-7,14-15H,8-9H2,(H,23,25). The van der Waals surface area contributed by atoms with E-state index in [9.17, 15) is 17.6 Å². The summed E-state index contributed by atoms with van der Waals surface area (Å²) in [6.07, 6.45) is 4.32. The average Bonchev–Trinajstić information content (AvgIpc) is 2.66. The quantitative estimate of drug-likeness (QED) is 0.710. The van der Waals surface area contributed by atoms with Crippen molar-refractivity contribution in [3.8, 4) is 0 Å². The van der Waals surface area contributed by atoms with Gasteiger partial charge in [0, 0.05) is 18.1 Å². The van der Waals surface area contributed by atoms with Crippen molar-refractivity contribution in [1.29, 1.82) is 0 Å². The Kier molecular flexibility index (Phi) is 3.60. The summed E-state index contributed by atoms with van der Waals surface area (Å²) < 4.78 is 36.9. The van der Waals surface area contributed by atoms with Crippen molar-refractivity contribution in [2.75, 3.05) is 22.5 Å². The fourth-order valence-corrected chi connectivity index (χ4v) is 5.48. The van der Waals surface area contributed by atoms with Crippen molar-refractivity contribution in [2.45, 2.75) is 11.3 Å². The van der Waals surface area contributed by atoms with Crippen molar-refractivity contribution in [3.05, 3.63) is 54.4 Å². The first-order valence-corrected chi connectivity index (χ1v) is 10.3. The molecule has 3 aromatic rings. The Morgan fingerprint density at radius 1 is 1.21 bits per heavy atom. The number of hydrogen-bond donors (Lipinski definition) is 1. The monoisotopic (exact) mass is 399 g/mol. The maximum Gasteiger partial charge on any atom is 0.275 e. The van der Waals surface area contributed by atoms with Crippen LogP contribution in [-0.4, -0.2) is 52.9 Å². The Bertz CT molecular complexity index is 1220. The molecule has 2 saturated heterocycles. The first-order valence-electron chi connectivity index (χ1n) is 8.58. The summed E-state index contributed by atoms with van der Waals surface area (Å²) in [6.45, 7) is 0.397. The van der Waals surface area contributed by atoms with Crippen LogP contribution >= 0.6 is 0 Å². The highest BCUT2D eigenvalue weighted by Gasteiger charge is 2.57. The van der Waals surface area contributed by atoms with Crippen LogP contribution in [0.1, 0.15) is 10.5 Å². The number of rotatable bonds is 3. The molecule has 8 nitrogen and oxygen atoms in total. The Labute approximate surface area is 159 Å². The lowest BCUT2D eigenvalue weighted by molar-refractivity contribution is 0.102. The van der Waals surface area contributed by atoms with Crippen LogP contribution in [0.25, 0.3) is 10.9 Å². The lowest BCUT2D eigenvalue weighted by Gasteiger charge is -2.54. The second-order valence-corrected chi connectivity index (χ2v) is 9.09. The molecule has 4 heterocycles. The SMILES string of the molecule is O=C(Nc1cc(F)cc2cccnc12)c1cnc(N2CC3C2CS3(=O)=O)cn1. The molecule has 0 bridgehead atoms. The third-order valence-corrected chi connectivity index (χ3v) is 7.35. The van der Waals surface area contributed by atoms with Gasteiger partial charge in [0.2, 0.25) is 0 Å². The van der Waals surface area contributed by atoms with Gasteiger partial charge in [0.1, 0.15) is 22.6 Å². The van der Waals surface area contributed by atoms with Crippen LogP contribution in [0.2, 0.25) is 0 Å². The summed E-state index contributed by atoms with van der Waals surface area (Å²) in [7, 11) is -2.93. The van der Waals surface area contributed by atoms with Crippen molar-refractivity contribution in [1.82, 2.24) is 15.0 Å².